The van der Waals surface area contributed by atoms with Gasteiger partial charge < -0.3 is 15.2 Å². The van der Waals surface area contributed by atoms with Gasteiger partial charge in [0.1, 0.15) is 5.75 Å². The Morgan fingerprint density at radius 2 is 2.28 bits per heavy atom. The van der Waals surface area contributed by atoms with E-state index in [9.17, 15) is 4.79 Å². The van der Waals surface area contributed by atoms with Crippen LogP contribution in [-0.2, 0) is 11.2 Å². The number of hydrogen-bond acceptors (Lipinski definition) is 3. The number of amides is 1. The highest BCUT2D eigenvalue weighted by molar-refractivity contribution is 6.32. The number of benzene rings is 1. The second kappa shape index (κ2) is 7.24. The summed E-state index contributed by atoms with van der Waals surface area (Å²) in [5, 5.41) is 12.0. The number of hydrogen-bond donors (Lipinski definition) is 2. The van der Waals surface area contributed by atoms with E-state index in [1.807, 2.05) is 6.07 Å². The van der Waals surface area contributed by atoms with E-state index in [2.05, 4.69) is 5.32 Å². The Hall–Kier alpha value is -1.26. The summed E-state index contributed by atoms with van der Waals surface area (Å²) < 4.78 is 5.05. The lowest BCUT2D eigenvalue weighted by Gasteiger charge is -2.11. The van der Waals surface area contributed by atoms with E-state index in [0.717, 1.165) is 5.56 Å². The van der Waals surface area contributed by atoms with Crippen molar-refractivity contribution in [3.05, 3.63) is 28.8 Å². The van der Waals surface area contributed by atoms with Crippen molar-refractivity contribution in [3.63, 3.8) is 0 Å². The first-order chi connectivity index (χ1) is 8.56. The molecule has 0 aromatic heterocycles. The molecule has 4 nitrogen and oxygen atoms in total. The predicted octanol–water partition coefficient (Wildman–Crippen LogP) is 1.78. The highest BCUT2D eigenvalue weighted by atomic mass is 35.5. The van der Waals surface area contributed by atoms with Gasteiger partial charge in [-0.25, -0.2) is 0 Å². The summed E-state index contributed by atoms with van der Waals surface area (Å²) in [4.78, 5) is 11.5. The van der Waals surface area contributed by atoms with E-state index in [1.165, 1.54) is 0 Å². The first kappa shape index (κ1) is 14.8. The molecule has 5 heteroatoms. The number of aliphatic hydroxyl groups excluding tert-OH is 1. The summed E-state index contributed by atoms with van der Waals surface area (Å²) in [5.74, 6) is 0.544. The van der Waals surface area contributed by atoms with E-state index >= 15 is 0 Å². The Balaban J connectivity index is 2.48. The van der Waals surface area contributed by atoms with Crippen molar-refractivity contribution in [2.75, 3.05) is 13.7 Å². The number of carbonyl (C=O) groups is 1. The molecule has 0 bridgehead atoms. The molecule has 0 heterocycles. The van der Waals surface area contributed by atoms with Gasteiger partial charge in [-0.2, -0.15) is 0 Å². The molecule has 0 aliphatic carbocycles. The van der Waals surface area contributed by atoms with Crippen LogP contribution in [0.15, 0.2) is 18.2 Å². The van der Waals surface area contributed by atoms with Crippen LogP contribution in [0.2, 0.25) is 5.02 Å². The lowest BCUT2D eigenvalue weighted by atomic mass is 10.1. The third-order valence-electron chi connectivity index (χ3n) is 2.54. The molecule has 1 aromatic carbocycles. The van der Waals surface area contributed by atoms with Crippen LogP contribution in [0.3, 0.4) is 0 Å². The Labute approximate surface area is 112 Å². The molecule has 18 heavy (non-hydrogen) atoms. The van der Waals surface area contributed by atoms with Gasteiger partial charge in [0.25, 0.3) is 0 Å². The maximum Gasteiger partial charge on any atom is 0.220 e. The van der Waals surface area contributed by atoms with Gasteiger partial charge in [-0.3, -0.25) is 4.79 Å². The standard InChI is InChI=1S/C13H18ClNO3/c1-9(8-16)15-13(17)6-4-10-3-5-12(18-2)11(14)7-10/h3,5,7,9,16H,4,6,8H2,1-2H3,(H,15,17)/t9-/m0/s1. The molecule has 0 saturated carbocycles. The van der Waals surface area contributed by atoms with Gasteiger partial charge in [0, 0.05) is 12.5 Å². The van der Waals surface area contributed by atoms with E-state index in [4.69, 9.17) is 21.4 Å². The van der Waals surface area contributed by atoms with Crippen molar-refractivity contribution >= 4 is 17.5 Å². The second-order valence-electron chi connectivity index (χ2n) is 4.12. The van der Waals surface area contributed by atoms with Gasteiger partial charge in [-0.15, -0.1) is 0 Å². The van der Waals surface area contributed by atoms with Crippen LogP contribution in [-0.4, -0.2) is 30.8 Å². The van der Waals surface area contributed by atoms with Crippen molar-refractivity contribution in [1.29, 1.82) is 0 Å². The third kappa shape index (κ3) is 4.55. The normalized spacial score (nSPS) is 12.0. The first-order valence-electron chi connectivity index (χ1n) is 5.79. The summed E-state index contributed by atoms with van der Waals surface area (Å²) in [6.07, 6.45) is 0.973. The fourth-order valence-corrected chi connectivity index (χ4v) is 1.80. The number of ether oxygens (including phenoxy) is 1. The van der Waals surface area contributed by atoms with Crippen molar-refractivity contribution in [1.82, 2.24) is 5.32 Å². The zero-order valence-electron chi connectivity index (χ0n) is 10.6. The van der Waals surface area contributed by atoms with Gasteiger partial charge in [-0.1, -0.05) is 17.7 Å². The Bertz CT molecular complexity index is 409. The molecule has 0 aliphatic heterocycles. The maximum atomic E-state index is 11.5. The zero-order chi connectivity index (χ0) is 13.5. The minimum Gasteiger partial charge on any atom is -0.495 e. The summed E-state index contributed by atoms with van der Waals surface area (Å²) in [5.41, 5.74) is 0.979. The van der Waals surface area contributed by atoms with Gasteiger partial charge >= 0.3 is 0 Å². The van der Waals surface area contributed by atoms with Gasteiger partial charge in [0.05, 0.1) is 18.7 Å². The number of methoxy groups -OCH3 is 1. The summed E-state index contributed by atoms with van der Waals surface area (Å²) >= 11 is 5.99. The van der Waals surface area contributed by atoms with E-state index < -0.39 is 0 Å². The summed E-state index contributed by atoms with van der Waals surface area (Å²) in [6.45, 7) is 1.70. The average Bonchev–Trinajstić information content (AvgIpc) is 2.36. The molecule has 0 saturated heterocycles. The van der Waals surface area contributed by atoms with Crippen molar-refractivity contribution in [2.24, 2.45) is 0 Å². The molecule has 100 valence electrons. The fraction of sp³-hybridized carbons (Fsp3) is 0.462. The number of nitrogens with one attached hydrogen (secondary N) is 1. The quantitative estimate of drug-likeness (QED) is 0.829. The monoisotopic (exact) mass is 271 g/mol. The molecule has 0 fully saturated rings. The number of carbonyl (C=O) groups excluding carboxylic acids is 1. The molecule has 0 radical (unpaired) electrons. The molecular weight excluding hydrogens is 254 g/mol. The number of aryl methyl sites for hydroxylation is 1. The highest BCUT2D eigenvalue weighted by Gasteiger charge is 2.07. The van der Waals surface area contributed by atoms with Crippen LogP contribution in [0.4, 0.5) is 0 Å². The van der Waals surface area contributed by atoms with Crippen LogP contribution in [0.25, 0.3) is 0 Å². The molecule has 1 aromatic rings. The molecule has 2 N–H and O–H groups in total. The number of halogens is 1. The molecular formula is C13H18ClNO3. The van der Waals surface area contributed by atoms with Crippen molar-refractivity contribution < 1.29 is 14.6 Å². The summed E-state index contributed by atoms with van der Waals surface area (Å²) in [7, 11) is 1.56. The smallest absolute Gasteiger partial charge is 0.220 e. The zero-order valence-corrected chi connectivity index (χ0v) is 11.3. The second-order valence-corrected chi connectivity index (χ2v) is 4.53. The number of aliphatic hydroxyl groups is 1. The summed E-state index contributed by atoms with van der Waals surface area (Å²) in [6, 6.07) is 5.25. The first-order valence-corrected chi connectivity index (χ1v) is 6.17. The maximum absolute atomic E-state index is 11.5. The molecule has 1 amide bonds. The third-order valence-corrected chi connectivity index (χ3v) is 2.83. The molecule has 1 atom stereocenters. The molecule has 0 unspecified atom stereocenters. The fourth-order valence-electron chi connectivity index (χ4n) is 1.52. The SMILES string of the molecule is COc1ccc(CCC(=O)N[C@@H](C)CO)cc1Cl. The predicted molar refractivity (Wildman–Crippen MR) is 71.0 cm³/mol. The van der Waals surface area contributed by atoms with Crippen LogP contribution in [0, 0.1) is 0 Å². The lowest BCUT2D eigenvalue weighted by Crippen LogP contribution is -2.35. The Morgan fingerprint density at radius 1 is 1.56 bits per heavy atom. The lowest BCUT2D eigenvalue weighted by molar-refractivity contribution is -0.121. The highest BCUT2D eigenvalue weighted by Crippen LogP contribution is 2.25. The average molecular weight is 272 g/mol. The molecule has 0 spiro atoms. The van der Waals surface area contributed by atoms with Crippen LogP contribution in [0.1, 0.15) is 18.9 Å². The molecule has 0 aliphatic rings. The van der Waals surface area contributed by atoms with Crippen molar-refractivity contribution in [3.8, 4) is 5.75 Å². The Kier molecular flexibility index (Phi) is 5.95. The van der Waals surface area contributed by atoms with Gasteiger partial charge in [-0.05, 0) is 31.0 Å². The van der Waals surface area contributed by atoms with Crippen LogP contribution in [0.5, 0.6) is 5.75 Å². The van der Waals surface area contributed by atoms with Crippen LogP contribution >= 0.6 is 11.6 Å². The number of rotatable bonds is 6. The van der Waals surface area contributed by atoms with Gasteiger partial charge in [0.2, 0.25) is 5.91 Å². The minimum atomic E-state index is -0.211. The van der Waals surface area contributed by atoms with E-state index in [-0.39, 0.29) is 18.6 Å². The minimum absolute atomic E-state index is 0.0555. The molecule has 1 rings (SSSR count). The van der Waals surface area contributed by atoms with E-state index in [0.29, 0.717) is 23.6 Å². The van der Waals surface area contributed by atoms with Crippen molar-refractivity contribution in [2.45, 2.75) is 25.8 Å². The van der Waals surface area contributed by atoms with E-state index in [1.54, 1.807) is 26.2 Å². The topological polar surface area (TPSA) is 58.6 Å². The van der Waals surface area contributed by atoms with Gasteiger partial charge in [0.15, 0.2) is 0 Å². The van der Waals surface area contributed by atoms with Crippen LogP contribution < -0.4 is 10.1 Å². The largest absolute Gasteiger partial charge is 0.495 e. The Morgan fingerprint density at radius 3 is 2.83 bits per heavy atom.